The first-order valence-electron chi connectivity index (χ1n) is 9.73. The highest BCUT2D eigenvalue weighted by Crippen LogP contribution is 2.25. The zero-order chi connectivity index (χ0) is 20.4. The van der Waals surface area contributed by atoms with Crippen LogP contribution < -0.4 is 4.90 Å². The summed E-state index contributed by atoms with van der Waals surface area (Å²) in [6.07, 6.45) is 1.82. The molecule has 1 aromatic heterocycles. The number of benzene rings is 2. The average Bonchev–Trinajstić information content (AvgIpc) is 2.74. The minimum absolute atomic E-state index is 0.130. The molecule has 3 aromatic rings. The van der Waals surface area contributed by atoms with Gasteiger partial charge in [-0.05, 0) is 35.4 Å². The van der Waals surface area contributed by atoms with Gasteiger partial charge in [-0.2, -0.15) is 0 Å². The minimum atomic E-state index is 0.130. The van der Waals surface area contributed by atoms with Gasteiger partial charge in [0.25, 0.3) is 0 Å². The molecular formula is C22H25N5O2. The van der Waals surface area contributed by atoms with Crippen LogP contribution in [0.5, 0.6) is 5.75 Å². The van der Waals surface area contributed by atoms with Crippen LogP contribution in [0.4, 0.5) is 5.82 Å². The lowest BCUT2D eigenvalue weighted by Crippen LogP contribution is -2.49. The summed E-state index contributed by atoms with van der Waals surface area (Å²) < 4.78 is 0. The van der Waals surface area contributed by atoms with Gasteiger partial charge in [0, 0.05) is 40.3 Å². The fourth-order valence-corrected chi connectivity index (χ4v) is 3.46. The van der Waals surface area contributed by atoms with Gasteiger partial charge in [-0.3, -0.25) is 14.7 Å². The summed E-state index contributed by atoms with van der Waals surface area (Å²) >= 11 is 0. The molecule has 1 aliphatic heterocycles. The van der Waals surface area contributed by atoms with E-state index in [-0.39, 0.29) is 11.7 Å². The third-order valence-corrected chi connectivity index (χ3v) is 5.28. The molecule has 29 heavy (non-hydrogen) atoms. The quantitative estimate of drug-likeness (QED) is 0.735. The highest BCUT2D eigenvalue weighted by atomic mass is 16.3. The highest BCUT2D eigenvalue weighted by molar-refractivity contribution is 5.82. The number of piperazine rings is 1. The molecule has 0 spiro atoms. The molecular weight excluding hydrogens is 366 g/mol. The van der Waals surface area contributed by atoms with Crippen molar-refractivity contribution in [2.24, 2.45) is 0 Å². The predicted molar refractivity (Wildman–Crippen MR) is 114 cm³/mol. The van der Waals surface area contributed by atoms with Crippen LogP contribution in [0.25, 0.3) is 22.2 Å². The van der Waals surface area contributed by atoms with Crippen molar-refractivity contribution in [3.05, 3.63) is 48.7 Å². The molecule has 7 nitrogen and oxygen atoms in total. The Morgan fingerprint density at radius 3 is 2.38 bits per heavy atom. The highest BCUT2D eigenvalue weighted by Gasteiger charge is 2.21. The lowest BCUT2D eigenvalue weighted by Gasteiger charge is -2.35. The van der Waals surface area contributed by atoms with Gasteiger partial charge in [0.05, 0.1) is 23.8 Å². The lowest BCUT2D eigenvalue weighted by molar-refractivity contribution is -0.129. The number of phenolic OH excluding ortho intramolecular Hbond substituents is 1. The Labute approximate surface area is 170 Å². The molecule has 2 heterocycles. The zero-order valence-electron chi connectivity index (χ0n) is 16.7. The van der Waals surface area contributed by atoms with Crippen molar-refractivity contribution in [1.82, 2.24) is 19.8 Å². The number of aromatic hydroxyl groups is 1. The SMILES string of the molecule is CN(C)C(=O)CN1CCN(c2cnc3ccc(-c4ccc(O)cc4)cc3n2)CC1. The topological polar surface area (TPSA) is 72.8 Å². The standard InChI is InChI=1S/C22H25N5O2/c1-25(2)22(29)15-26-9-11-27(12-10-26)21-14-23-19-8-5-17(13-20(19)24-21)16-3-6-18(28)7-4-16/h3-8,13-14,28H,9-12,15H2,1-2H3. The Morgan fingerprint density at radius 1 is 1.00 bits per heavy atom. The van der Waals surface area contributed by atoms with E-state index >= 15 is 0 Å². The Hall–Kier alpha value is -3.19. The van der Waals surface area contributed by atoms with E-state index in [2.05, 4.69) is 14.8 Å². The van der Waals surface area contributed by atoms with E-state index in [1.54, 1.807) is 31.1 Å². The third-order valence-electron chi connectivity index (χ3n) is 5.28. The molecule has 0 radical (unpaired) electrons. The second-order valence-electron chi connectivity index (χ2n) is 7.53. The molecule has 4 rings (SSSR count). The van der Waals surface area contributed by atoms with Gasteiger partial charge in [0.15, 0.2) is 0 Å². The summed E-state index contributed by atoms with van der Waals surface area (Å²) in [5.74, 6) is 1.24. The summed E-state index contributed by atoms with van der Waals surface area (Å²) in [6, 6.07) is 13.2. The van der Waals surface area contributed by atoms with Gasteiger partial charge in [0.2, 0.25) is 5.91 Å². The number of carbonyl (C=O) groups excluding carboxylic acids is 1. The Bertz CT molecular complexity index is 1010. The smallest absolute Gasteiger partial charge is 0.236 e. The number of hydrogen-bond acceptors (Lipinski definition) is 6. The number of nitrogens with zero attached hydrogens (tertiary/aromatic N) is 5. The van der Waals surface area contributed by atoms with Crippen molar-refractivity contribution < 1.29 is 9.90 Å². The molecule has 0 saturated carbocycles. The minimum Gasteiger partial charge on any atom is -0.508 e. The second-order valence-corrected chi connectivity index (χ2v) is 7.53. The molecule has 1 fully saturated rings. The first-order valence-corrected chi connectivity index (χ1v) is 9.73. The van der Waals surface area contributed by atoms with Crippen molar-refractivity contribution in [3.8, 4) is 16.9 Å². The van der Waals surface area contributed by atoms with Gasteiger partial charge in [-0.15, -0.1) is 0 Å². The number of anilines is 1. The largest absolute Gasteiger partial charge is 0.508 e. The van der Waals surface area contributed by atoms with Crippen LogP contribution in [0.1, 0.15) is 0 Å². The Morgan fingerprint density at radius 2 is 1.69 bits per heavy atom. The van der Waals surface area contributed by atoms with E-state index in [4.69, 9.17) is 4.98 Å². The normalized spacial score (nSPS) is 14.9. The monoisotopic (exact) mass is 391 g/mol. The summed E-state index contributed by atoms with van der Waals surface area (Å²) in [5, 5.41) is 9.50. The summed E-state index contributed by atoms with van der Waals surface area (Å²) in [4.78, 5) is 27.4. The summed E-state index contributed by atoms with van der Waals surface area (Å²) in [7, 11) is 3.57. The van der Waals surface area contributed by atoms with Crippen molar-refractivity contribution in [2.75, 3.05) is 51.7 Å². The van der Waals surface area contributed by atoms with E-state index in [0.717, 1.165) is 54.2 Å². The van der Waals surface area contributed by atoms with Gasteiger partial charge >= 0.3 is 0 Å². The lowest BCUT2D eigenvalue weighted by atomic mass is 10.0. The van der Waals surface area contributed by atoms with Gasteiger partial charge < -0.3 is 14.9 Å². The molecule has 0 atom stereocenters. The van der Waals surface area contributed by atoms with Crippen LogP contribution in [0.2, 0.25) is 0 Å². The van der Waals surface area contributed by atoms with Gasteiger partial charge in [-0.25, -0.2) is 4.98 Å². The Kier molecular flexibility index (Phi) is 5.31. The van der Waals surface area contributed by atoms with Crippen LogP contribution in [-0.2, 0) is 4.79 Å². The van der Waals surface area contributed by atoms with Crippen LogP contribution in [0.3, 0.4) is 0 Å². The predicted octanol–water partition coefficient (Wildman–Crippen LogP) is 2.21. The van der Waals surface area contributed by atoms with Crippen LogP contribution in [-0.4, -0.2) is 77.6 Å². The molecule has 1 saturated heterocycles. The number of rotatable bonds is 4. The second kappa shape index (κ2) is 8.05. The van der Waals surface area contributed by atoms with E-state index in [1.165, 1.54) is 0 Å². The maximum Gasteiger partial charge on any atom is 0.236 e. The van der Waals surface area contributed by atoms with E-state index in [1.807, 2.05) is 36.5 Å². The number of fused-ring (bicyclic) bond motifs is 1. The molecule has 0 bridgehead atoms. The van der Waals surface area contributed by atoms with Gasteiger partial charge in [0.1, 0.15) is 11.6 Å². The Balaban J connectivity index is 1.50. The first-order chi connectivity index (χ1) is 14.0. The maximum absolute atomic E-state index is 11.9. The molecule has 1 aliphatic rings. The zero-order valence-corrected chi connectivity index (χ0v) is 16.7. The molecule has 7 heteroatoms. The van der Waals surface area contributed by atoms with Crippen molar-refractivity contribution >= 4 is 22.8 Å². The molecule has 150 valence electrons. The molecule has 0 unspecified atom stereocenters. The van der Waals surface area contributed by atoms with Crippen LogP contribution >= 0.6 is 0 Å². The van der Waals surface area contributed by atoms with Crippen LogP contribution in [0.15, 0.2) is 48.7 Å². The van der Waals surface area contributed by atoms with Crippen molar-refractivity contribution in [3.63, 3.8) is 0 Å². The number of carbonyl (C=O) groups is 1. The number of likely N-dealkylation sites (N-methyl/N-ethyl adjacent to an activating group) is 1. The maximum atomic E-state index is 11.9. The van der Waals surface area contributed by atoms with Crippen molar-refractivity contribution in [2.45, 2.75) is 0 Å². The van der Waals surface area contributed by atoms with Crippen molar-refractivity contribution in [1.29, 1.82) is 0 Å². The molecule has 1 N–H and O–H groups in total. The van der Waals surface area contributed by atoms with Crippen LogP contribution in [0, 0.1) is 0 Å². The number of phenols is 1. The summed E-state index contributed by atoms with van der Waals surface area (Å²) in [5.41, 5.74) is 3.76. The van der Waals surface area contributed by atoms with E-state index in [0.29, 0.717) is 6.54 Å². The molecule has 2 aromatic carbocycles. The number of amides is 1. The summed E-state index contributed by atoms with van der Waals surface area (Å²) in [6.45, 7) is 3.75. The fraction of sp³-hybridized carbons (Fsp3) is 0.318. The number of aromatic nitrogens is 2. The third kappa shape index (κ3) is 4.30. The first kappa shape index (κ1) is 19.1. The molecule has 0 aliphatic carbocycles. The molecule has 1 amide bonds. The average molecular weight is 391 g/mol. The van der Waals surface area contributed by atoms with E-state index in [9.17, 15) is 9.90 Å². The number of hydrogen-bond donors (Lipinski definition) is 1. The van der Waals surface area contributed by atoms with E-state index < -0.39 is 0 Å². The van der Waals surface area contributed by atoms with Gasteiger partial charge in [-0.1, -0.05) is 18.2 Å². The fourth-order valence-electron chi connectivity index (χ4n) is 3.46.